The average molecular weight is 313 g/mol. The minimum absolute atomic E-state index is 0.0262. The molecule has 1 aliphatic rings. The van der Waals surface area contributed by atoms with E-state index in [4.69, 9.17) is 0 Å². The summed E-state index contributed by atoms with van der Waals surface area (Å²) < 4.78 is 27.4. The van der Waals surface area contributed by atoms with E-state index >= 15 is 0 Å². The molecule has 0 saturated heterocycles. The molecule has 0 spiro atoms. The lowest BCUT2D eigenvalue weighted by Crippen LogP contribution is -2.33. The van der Waals surface area contributed by atoms with Gasteiger partial charge in [-0.05, 0) is 25.3 Å². The molecular formula is C13H19N3O4S. The summed E-state index contributed by atoms with van der Waals surface area (Å²) in [4.78, 5) is 10.2. The lowest BCUT2D eigenvalue weighted by atomic mass is 10.2. The van der Waals surface area contributed by atoms with Gasteiger partial charge in [0.1, 0.15) is 4.90 Å². The Balaban J connectivity index is 2.23. The van der Waals surface area contributed by atoms with E-state index in [1.54, 1.807) is 0 Å². The first-order valence-electron chi connectivity index (χ1n) is 6.82. The second-order valence-electron chi connectivity index (χ2n) is 5.39. The van der Waals surface area contributed by atoms with Gasteiger partial charge in [0.05, 0.1) is 10.6 Å². The van der Waals surface area contributed by atoms with Crippen LogP contribution in [0.25, 0.3) is 0 Å². The summed E-state index contributed by atoms with van der Waals surface area (Å²) in [7, 11) is -2.16. The van der Waals surface area contributed by atoms with Gasteiger partial charge in [-0.2, -0.15) is 0 Å². The van der Waals surface area contributed by atoms with E-state index in [9.17, 15) is 18.5 Å². The summed E-state index contributed by atoms with van der Waals surface area (Å²) in [5.41, 5.74) is 0.0691. The number of nitro benzene ring substituents is 1. The molecule has 2 rings (SSSR count). The Kier molecular flexibility index (Phi) is 4.48. The molecule has 2 N–H and O–H groups in total. The van der Waals surface area contributed by atoms with Gasteiger partial charge in [0.25, 0.3) is 5.69 Å². The molecule has 0 radical (unpaired) electrons. The Labute approximate surface area is 123 Å². The summed E-state index contributed by atoms with van der Waals surface area (Å²) in [5, 5.41) is 13.4. The number of nitrogens with zero attached hydrogens (tertiary/aromatic N) is 1. The van der Waals surface area contributed by atoms with Gasteiger partial charge < -0.3 is 5.32 Å². The molecule has 1 fully saturated rings. The Bertz CT molecular complexity index is 641. The summed E-state index contributed by atoms with van der Waals surface area (Å²) >= 11 is 0. The van der Waals surface area contributed by atoms with Crippen LogP contribution in [0.2, 0.25) is 0 Å². The third-order valence-corrected chi connectivity index (χ3v) is 5.12. The van der Waals surface area contributed by atoms with Crippen LogP contribution in [0.3, 0.4) is 0 Å². The highest BCUT2D eigenvalue weighted by Crippen LogP contribution is 2.34. The van der Waals surface area contributed by atoms with Gasteiger partial charge >= 0.3 is 0 Å². The Morgan fingerprint density at radius 2 is 2.10 bits per heavy atom. The summed E-state index contributed by atoms with van der Waals surface area (Å²) in [5.74, 6) is 0.614. The summed E-state index contributed by atoms with van der Waals surface area (Å²) in [6.45, 7) is 1.83. The fourth-order valence-corrected chi connectivity index (χ4v) is 3.74. The third-order valence-electron chi connectivity index (χ3n) is 3.47. The van der Waals surface area contributed by atoms with E-state index in [1.165, 1.54) is 25.2 Å². The molecule has 0 aromatic heterocycles. The van der Waals surface area contributed by atoms with Gasteiger partial charge in [-0.3, -0.25) is 10.1 Å². The highest BCUT2D eigenvalue weighted by Gasteiger charge is 2.27. The van der Waals surface area contributed by atoms with Crippen LogP contribution in [0.1, 0.15) is 26.2 Å². The molecule has 1 unspecified atom stereocenters. The van der Waals surface area contributed by atoms with Gasteiger partial charge in [0, 0.05) is 25.2 Å². The minimum Gasteiger partial charge on any atom is -0.387 e. The molecule has 1 atom stereocenters. The predicted octanol–water partition coefficient (Wildman–Crippen LogP) is 2.10. The second-order valence-corrected chi connectivity index (χ2v) is 7.07. The third kappa shape index (κ3) is 3.92. The van der Waals surface area contributed by atoms with Crippen LogP contribution in [0.4, 0.5) is 11.4 Å². The zero-order chi connectivity index (χ0) is 15.6. The monoisotopic (exact) mass is 313 g/mol. The molecule has 1 aromatic rings. The smallest absolute Gasteiger partial charge is 0.271 e. The van der Waals surface area contributed by atoms with E-state index in [1.807, 2.05) is 6.92 Å². The predicted molar refractivity (Wildman–Crippen MR) is 79.8 cm³/mol. The molecule has 1 aliphatic carbocycles. The number of nitro groups is 1. The molecule has 1 aromatic carbocycles. The maximum absolute atomic E-state index is 12.4. The Hall–Kier alpha value is -1.67. The van der Waals surface area contributed by atoms with Crippen molar-refractivity contribution in [1.82, 2.24) is 4.72 Å². The van der Waals surface area contributed by atoms with E-state index in [2.05, 4.69) is 10.0 Å². The normalized spacial score (nSPS) is 16.5. The number of sulfonamides is 1. The average Bonchev–Trinajstić information content (AvgIpc) is 3.20. The van der Waals surface area contributed by atoms with Crippen molar-refractivity contribution in [1.29, 1.82) is 0 Å². The van der Waals surface area contributed by atoms with Crippen LogP contribution in [0, 0.1) is 16.0 Å². The number of benzene rings is 1. The van der Waals surface area contributed by atoms with Crippen LogP contribution >= 0.6 is 0 Å². The lowest BCUT2D eigenvalue weighted by Gasteiger charge is -2.16. The molecule has 7 nitrogen and oxygen atoms in total. The minimum atomic E-state index is -3.70. The van der Waals surface area contributed by atoms with Gasteiger partial charge in [-0.1, -0.05) is 12.8 Å². The zero-order valence-corrected chi connectivity index (χ0v) is 12.8. The van der Waals surface area contributed by atoms with E-state index in [-0.39, 0.29) is 22.3 Å². The highest BCUT2D eigenvalue weighted by atomic mass is 32.2. The van der Waals surface area contributed by atoms with Crippen molar-refractivity contribution in [2.45, 2.75) is 37.1 Å². The Morgan fingerprint density at radius 1 is 1.43 bits per heavy atom. The van der Waals surface area contributed by atoms with Crippen molar-refractivity contribution in [3.8, 4) is 0 Å². The number of hydrogen-bond donors (Lipinski definition) is 2. The van der Waals surface area contributed by atoms with Gasteiger partial charge in [0.15, 0.2) is 0 Å². The first kappa shape index (κ1) is 15.7. The molecular weight excluding hydrogens is 294 g/mol. The van der Waals surface area contributed by atoms with Crippen LogP contribution in [-0.2, 0) is 10.0 Å². The van der Waals surface area contributed by atoms with Crippen molar-refractivity contribution in [2.24, 2.45) is 5.92 Å². The fourth-order valence-electron chi connectivity index (χ4n) is 2.29. The standard InChI is InChI=1S/C13H19N3O4S/c1-9(7-10-3-4-10)15-21(19,20)13-6-5-11(16(17)18)8-12(13)14-2/h5-6,8-10,14-15H,3-4,7H2,1-2H3. The SMILES string of the molecule is CNc1cc([N+](=O)[O-])ccc1S(=O)(=O)NC(C)CC1CC1. The molecule has 21 heavy (non-hydrogen) atoms. The molecule has 0 bridgehead atoms. The number of hydrogen-bond acceptors (Lipinski definition) is 5. The number of non-ortho nitro benzene ring substituents is 1. The van der Waals surface area contributed by atoms with Crippen molar-refractivity contribution < 1.29 is 13.3 Å². The second kappa shape index (κ2) is 5.98. The maximum atomic E-state index is 12.4. The van der Waals surface area contributed by atoms with Crippen LogP contribution in [0.15, 0.2) is 23.1 Å². The van der Waals surface area contributed by atoms with Gasteiger partial charge in [-0.15, -0.1) is 0 Å². The Morgan fingerprint density at radius 3 is 2.62 bits per heavy atom. The van der Waals surface area contributed by atoms with E-state index in [0.29, 0.717) is 5.92 Å². The van der Waals surface area contributed by atoms with Crippen LogP contribution in [0.5, 0.6) is 0 Å². The maximum Gasteiger partial charge on any atom is 0.271 e. The fraction of sp³-hybridized carbons (Fsp3) is 0.538. The molecule has 116 valence electrons. The molecule has 0 aliphatic heterocycles. The van der Waals surface area contributed by atoms with Crippen molar-refractivity contribution in [2.75, 3.05) is 12.4 Å². The molecule has 1 saturated carbocycles. The molecule has 0 amide bonds. The topological polar surface area (TPSA) is 101 Å². The zero-order valence-electron chi connectivity index (χ0n) is 12.0. The molecule has 0 heterocycles. The van der Waals surface area contributed by atoms with E-state index in [0.717, 1.165) is 19.3 Å². The molecule has 8 heteroatoms. The number of nitrogens with one attached hydrogen (secondary N) is 2. The van der Waals surface area contributed by atoms with Crippen molar-refractivity contribution in [3.63, 3.8) is 0 Å². The number of anilines is 1. The quantitative estimate of drug-likeness (QED) is 0.593. The lowest BCUT2D eigenvalue weighted by molar-refractivity contribution is -0.384. The summed E-state index contributed by atoms with van der Waals surface area (Å²) in [6.07, 6.45) is 3.14. The van der Waals surface area contributed by atoms with Crippen LogP contribution < -0.4 is 10.0 Å². The largest absolute Gasteiger partial charge is 0.387 e. The van der Waals surface area contributed by atoms with Crippen LogP contribution in [-0.4, -0.2) is 26.4 Å². The first-order valence-corrected chi connectivity index (χ1v) is 8.30. The van der Waals surface area contributed by atoms with Crippen molar-refractivity contribution in [3.05, 3.63) is 28.3 Å². The van der Waals surface area contributed by atoms with Gasteiger partial charge in [-0.25, -0.2) is 13.1 Å². The number of rotatable bonds is 7. The van der Waals surface area contributed by atoms with Crippen molar-refractivity contribution >= 4 is 21.4 Å². The van der Waals surface area contributed by atoms with Gasteiger partial charge in [0.2, 0.25) is 10.0 Å². The highest BCUT2D eigenvalue weighted by molar-refractivity contribution is 7.89. The first-order chi connectivity index (χ1) is 9.83. The summed E-state index contributed by atoms with van der Waals surface area (Å²) in [6, 6.07) is 3.53. The van der Waals surface area contributed by atoms with E-state index < -0.39 is 14.9 Å².